The summed E-state index contributed by atoms with van der Waals surface area (Å²) in [5.41, 5.74) is 0.558. The van der Waals surface area contributed by atoms with E-state index in [9.17, 15) is 19.8 Å². The standard InChI is InChI=1S/C30H50O4/c1-19(2)21-11-17-29(7)25(27(21,5)15-14-26(32)33)10-9-22-23(12-16-28(22,29)6)30(8,34)18-13-24(31)20(3)4/h20-23,25,34H,1,9-18H2,2-8H3,(H,32,33)/t21?,22-,23-,25+,27-,28-,29+,30-/m0/s1. The Morgan fingerprint density at radius 1 is 1.03 bits per heavy atom. The number of rotatable bonds is 9. The van der Waals surface area contributed by atoms with Gasteiger partial charge < -0.3 is 10.2 Å². The minimum absolute atomic E-state index is 0.0194. The summed E-state index contributed by atoms with van der Waals surface area (Å²) < 4.78 is 0. The van der Waals surface area contributed by atoms with Crippen LogP contribution in [0.1, 0.15) is 113 Å². The first kappa shape index (κ1) is 27.4. The number of carbonyl (C=O) groups is 2. The number of carboxylic acid groups (broad SMARTS) is 1. The summed E-state index contributed by atoms with van der Waals surface area (Å²) in [6, 6.07) is 0. The predicted molar refractivity (Wildman–Crippen MR) is 137 cm³/mol. The van der Waals surface area contributed by atoms with Gasteiger partial charge >= 0.3 is 5.97 Å². The van der Waals surface area contributed by atoms with Crippen molar-refractivity contribution in [2.24, 2.45) is 45.8 Å². The summed E-state index contributed by atoms with van der Waals surface area (Å²) >= 11 is 0. The average Bonchev–Trinajstić information content (AvgIpc) is 3.10. The summed E-state index contributed by atoms with van der Waals surface area (Å²) in [6.45, 7) is 19.6. The van der Waals surface area contributed by atoms with E-state index in [1.807, 2.05) is 20.8 Å². The maximum absolute atomic E-state index is 12.3. The van der Waals surface area contributed by atoms with Crippen molar-refractivity contribution in [3.63, 3.8) is 0 Å². The van der Waals surface area contributed by atoms with Gasteiger partial charge in [0.05, 0.1) is 5.60 Å². The maximum Gasteiger partial charge on any atom is 0.303 e. The van der Waals surface area contributed by atoms with Crippen LogP contribution in [0.4, 0.5) is 0 Å². The van der Waals surface area contributed by atoms with E-state index in [0.717, 1.165) is 38.5 Å². The van der Waals surface area contributed by atoms with Gasteiger partial charge in [0.1, 0.15) is 5.78 Å². The molecule has 3 aliphatic rings. The lowest BCUT2D eigenvalue weighted by atomic mass is 9.38. The highest BCUT2D eigenvalue weighted by molar-refractivity contribution is 5.80. The van der Waals surface area contributed by atoms with Crippen molar-refractivity contribution >= 4 is 11.8 Å². The minimum atomic E-state index is -0.822. The van der Waals surface area contributed by atoms with Crippen LogP contribution in [0.3, 0.4) is 0 Å². The molecule has 4 heteroatoms. The van der Waals surface area contributed by atoms with Crippen LogP contribution >= 0.6 is 0 Å². The van der Waals surface area contributed by atoms with E-state index in [-0.39, 0.29) is 40.3 Å². The molecule has 0 radical (unpaired) electrons. The number of aliphatic carboxylic acids is 1. The van der Waals surface area contributed by atoms with Crippen LogP contribution in [0.15, 0.2) is 12.2 Å². The highest BCUT2D eigenvalue weighted by Gasteiger charge is 2.67. The van der Waals surface area contributed by atoms with Crippen molar-refractivity contribution < 1.29 is 19.8 Å². The van der Waals surface area contributed by atoms with Crippen LogP contribution in [0.25, 0.3) is 0 Å². The molecule has 0 amide bonds. The fourth-order valence-corrected chi connectivity index (χ4v) is 9.24. The molecular weight excluding hydrogens is 424 g/mol. The van der Waals surface area contributed by atoms with Gasteiger partial charge in [0.25, 0.3) is 0 Å². The molecule has 34 heavy (non-hydrogen) atoms. The third-order valence-electron chi connectivity index (χ3n) is 11.5. The largest absolute Gasteiger partial charge is 0.481 e. The van der Waals surface area contributed by atoms with Gasteiger partial charge in [-0.15, -0.1) is 0 Å². The zero-order valence-corrected chi connectivity index (χ0v) is 22.9. The van der Waals surface area contributed by atoms with Crippen LogP contribution in [0, 0.1) is 45.8 Å². The number of hydrogen-bond acceptors (Lipinski definition) is 3. The number of carboxylic acids is 1. The predicted octanol–water partition coefficient (Wildman–Crippen LogP) is 7.05. The van der Waals surface area contributed by atoms with E-state index in [1.165, 1.54) is 5.57 Å². The van der Waals surface area contributed by atoms with Gasteiger partial charge in [-0.2, -0.15) is 0 Å². The number of ketones is 1. The molecule has 1 unspecified atom stereocenters. The van der Waals surface area contributed by atoms with Crippen molar-refractivity contribution in [3.05, 3.63) is 12.2 Å². The Morgan fingerprint density at radius 3 is 2.21 bits per heavy atom. The maximum atomic E-state index is 12.3. The molecule has 3 fully saturated rings. The summed E-state index contributed by atoms with van der Waals surface area (Å²) in [5, 5.41) is 21.1. The Morgan fingerprint density at radius 2 is 1.65 bits per heavy atom. The molecule has 3 saturated carbocycles. The van der Waals surface area contributed by atoms with E-state index < -0.39 is 11.6 Å². The number of Topliss-reactive ketones (excluding diaryl/α,β-unsaturated/α-hetero) is 1. The highest BCUT2D eigenvalue weighted by atomic mass is 16.4. The van der Waals surface area contributed by atoms with E-state index >= 15 is 0 Å². The fraction of sp³-hybridized carbons (Fsp3) is 0.867. The summed E-state index contributed by atoms with van der Waals surface area (Å²) in [7, 11) is 0. The summed E-state index contributed by atoms with van der Waals surface area (Å²) in [5.74, 6) is 1.05. The number of fused-ring (bicyclic) bond motifs is 3. The molecule has 0 saturated heterocycles. The van der Waals surface area contributed by atoms with Crippen molar-refractivity contribution in [1.29, 1.82) is 0 Å². The quantitative estimate of drug-likeness (QED) is 0.351. The lowest BCUT2D eigenvalue weighted by Crippen LogP contribution is -2.60. The minimum Gasteiger partial charge on any atom is -0.481 e. The fourth-order valence-electron chi connectivity index (χ4n) is 9.24. The zero-order chi connectivity index (χ0) is 25.7. The van der Waals surface area contributed by atoms with Gasteiger partial charge in [-0.25, -0.2) is 0 Å². The van der Waals surface area contributed by atoms with Gasteiger partial charge in [-0.1, -0.05) is 46.8 Å². The Balaban J connectivity index is 1.90. The molecule has 0 aromatic carbocycles. The van der Waals surface area contributed by atoms with Gasteiger partial charge in [0.15, 0.2) is 0 Å². The monoisotopic (exact) mass is 474 g/mol. The van der Waals surface area contributed by atoms with Crippen molar-refractivity contribution in [1.82, 2.24) is 0 Å². The zero-order valence-electron chi connectivity index (χ0n) is 22.9. The molecule has 0 aromatic heterocycles. The van der Waals surface area contributed by atoms with E-state index in [1.54, 1.807) is 0 Å². The van der Waals surface area contributed by atoms with Crippen molar-refractivity contribution in [2.45, 2.75) is 118 Å². The molecule has 3 aliphatic carbocycles. The van der Waals surface area contributed by atoms with Gasteiger partial charge in [-0.3, -0.25) is 9.59 Å². The van der Waals surface area contributed by atoms with Gasteiger partial charge in [0, 0.05) is 18.8 Å². The molecular formula is C30H50O4. The van der Waals surface area contributed by atoms with Crippen LogP contribution in [0.2, 0.25) is 0 Å². The second-order valence-electron chi connectivity index (χ2n) is 13.5. The molecule has 194 valence electrons. The third kappa shape index (κ3) is 4.42. The highest BCUT2D eigenvalue weighted by Crippen LogP contribution is 2.74. The Hall–Kier alpha value is -1.16. The SMILES string of the molecule is C=C(C)C1CC[C@]2(C)[C@H](CC[C@H]3[C@@H]([C@@](C)(O)CCC(=O)C(C)C)CC[C@@]32C)[C@@]1(C)CCC(=O)O. The smallest absolute Gasteiger partial charge is 0.303 e. The first-order valence-corrected chi connectivity index (χ1v) is 13.7. The third-order valence-corrected chi connectivity index (χ3v) is 11.5. The second kappa shape index (κ2) is 9.37. The normalized spacial score (nSPS) is 41.4. The number of carbonyl (C=O) groups excluding carboxylic acids is 1. The average molecular weight is 475 g/mol. The molecule has 0 spiro atoms. The molecule has 2 N–H and O–H groups in total. The molecule has 8 atom stereocenters. The molecule has 0 bridgehead atoms. The molecule has 0 aliphatic heterocycles. The van der Waals surface area contributed by atoms with Crippen LogP contribution in [-0.4, -0.2) is 27.6 Å². The lowest BCUT2D eigenvalue weighted by molar-refractivity contribution is -0.179. The van der Waals surface area contributed by atoms with Crippen LogP contribution < -0.4 is 0 Å². The van der Waals surface area contributed by atoms with E-state index in [4.69, 9.17) is 0 Å². The number of allylic oxidation sites excluding steroid dienone is 1. The number of aliphatic hydroxyl groups is 1. The number of hydrogen-bond donors (Lipinski definition) is 2. The van der Waals surface area contributed by atoms with Gasteiger partial charge in [-0.05, 0) is 105 Å². The topological polar surface area (TPSA) is 74.6 Å². The Kier molecular flexibility index (Phi) is 7.56. The Labute approximate surface area is 208 Å². The molecule has 0 heterocycles. The van der Waals surface area contributed by atoms with Crippen molar-refractivity contribution in [3.8, 4) is 0 Å². The van der Waals surface area contributed by atoms with Crippen molar-refractivity contribution in [2.75, 3.05) is 0 Å². The second-order valence-corrected chi connectivity index (χ2v) is 13.5. The Bertz CT molecular complexity index is 813. The molecule has 0 aromatic rings. The summed E-state index contributed by atoms with van der Waals surface area (Å²) in [4.78, 5) is 23.9. The van der Waals surface area contributed by atoms with E-state index in [0.29, 0.717) is 37.0 Å². The molecule has 4 nitrogen and oxygen atoms in total. The summed E-state index contributed by atoms with van der Waals surface area (Å²) in [6.07, 6.45) is 8.45. The first-order chi connectivity index (χ1) is 15.6. The first-order valence-electron chi connectivity index (χ1n) is 13.7. The van der Waals surface area contributed by atoms with Crippen LogP contribution in [-0.2, 0) is 9.59 Å². The lowest BCUT2D eigenvalue weighted by Gasteiger charge is -2.66. The van der Waals surface area contributed by atoms with E-state index in [2.05, 4.69) is 34.3 Å². The van der Waals surface area contributed by atoms with Crippen LogP contribution in [0.5, 0.6) is 0 Å². The van der Waals surface area contributed by atoms with Gasteiger partial charge in [0.2, 0.25) is 0 Å². The molecule has 3 rings (SSSR count).